The third kappa shape index (κ3) is 6.91. The maximum Gasteiger partial charge on any atom is 0.490 e. The van der Waals surface area contributed by atoms with Crippen molar-refractivity contribution in [2.45, 2.75) is 37.3 Å². The van der Waals surface area contributed by atoms with E-state index in [9.17, 15) is 30.7 Å². The van der Waals surface area contributed by atoms with Gasteiger partial charge >= 0.3 is 18.3 Å². The van der Waals surface area contributed by atoms with Gasteiger partial charge in [0, 0.05) is 23.6 Å². The molecule has 10 nitrogen and oxygen atoms in total. The second-order valence-electron chi connectivity index (χ2n) is 8.08. The molecule has 3 N–H and O–H groups in total. The van der Waals surface area contributed by atoms with Crippen molar-refractivity contribution in [3.05, 3.63) is 48.0 Å². The zero-order valence-corrected chi connectivity index (χ0v) is 19.8. The molecule has 0 bridgehead atoms. The van der Waals surface area contributed by atoms with Gasteiger partial charge < -0.3 is 24.8 Å². The zero-order valence-electron chi connectivity index (χ0n) is 19.8. The molecule has 39 heavy (non-hydrogen) atoms. The molecule has 17 heteroatoms. The minimum atomic E-state index is -5.08. The predicted octanol–water partition coefficient (Wildman–Crippen LogP) is 4.46. The van der Waals surface area contributed by atoms with Crippen molar-refractivity contribution in [1.82, 2.24) is 15.1 Å². The van der Waals surface area contributed by atoms with Gasteiger partial charge in [0.25, 0.3) is 6.02 Å². The first-order valence-electron chi connectivity index (χ1n) is 10.6. The predicted molar refractivity (Wildman–Crippen MR) is 118 cm³/mol. The van der Waals surface area contributed by atoms with E-state index in [0.717, 1.165) is 6.07 Å². The number of nitrogens with zero attached hydrogens (tertiary/aromatic N) is 4. The second-order valence-corrected chi connectivity index (χ2v) is 8.08. The number of alkyl halides is 6. The Morgan fingerprint density at radius 2 is 1.77 bits per heavy atom. The average molecular weight is 565 g/mol. The van der Waals surface area contributed by atoms with Crippen LogP contribution in [0, 0.1) is 5.82 Å². The summed E-state index contributed by atoms with van der Waals surface area (Å²) >= 11 is 0. The molecule has 0 saturated heterocycles. The fourth-order valence-electron chi connectivity index (χ4n) is 3.38. The van der Waals surface area contributed by atoms with E-state index in [1.54, 1.807) is 0 Å². The minimum absolute atomic E-state index is 0.124. The molecule has 1 aromatic carbocycles. The monoisotopic (exact) mass is 565 g/mol. The topological polar surface area (TPSA) is 146 Å². The highest BCUT2D eigenvalue weighted by Crippen LogP contribution is 2.41. The Balaban J connectivity index is 0.000000532. The number of aliphatic carboxylic acids is 1. The summed E-state index contributed by atoms with van der Waals surface area (Å²) in [7, 11) is 1.48. The third-order valence-electron chi connectivity index (χ3n) is 5.24. The number of carboxylic acid groups (broad SMARTS) is 1. The minimum Gasteiger partial charge on any atom is -0.494 e. The summed E-state index contributed by atoms with van der Waals surface area (Å²) in [6.07, 6.45) is -7.46. The standard InChI is InChI=1S/C20H17F4N5O3.C2HF3O2/c1-19(7-16(20(22,23)24)28-18(25)31-19)12-5-10(3-4-13(12)21)15-6-14(29-32-15)17-26-8-11(30-2)9-27-17;3-2(4,5)1(6)7/h3-6,8-9,16H,7H2,1-2H3,(H2,25,28);(H,6,7)/t16-,19-;/m0./s1. The largest absolute Gasteiger partial charge is 0.494 e. The number of aromatic nitrogens is 3. The summed E-state index contributed by atoms with van der Waals surface area (Å²) in [6, 6.07) is 2.59. The molecule has 210 valence electrons. The summed E-state index contributed by atoms with van der Waals surface area (Å²) in [5.74, 6) is -2.56. The van der Waals surface area contributed by atoms with Gasteiger partial charge in [-0.25, -0.2) is 24.1 Å². The van der Waals surface area contributed by atoms with Gasteiger partial charge in [-0.15, -0.1) is 0 Å². The molecule has 1 aliphatic heterocycles. The lowest BCUT2D eigenvalue weighted by molar-refractivity contribution is -0.192. The first-order chi connectivity index (χ1) is 18.0. The SMILES string of the molecule is COc1cnc(-c2cc(-c3ccc(F)c([C@]4(C)C[C@@H](C(F)(F)F)N=C(N)O4)c3)on2)nc1.O=C(O)C(F)(F)F. The number of ether oxygens (including phenoxy) is 2. The summed E-state index contributed by atoms with van der Waals surface area (Å²) in [4.78, 5) is 20.4. The van der Waals surface area contributed by atoms with Gasteiger partial charge in [-0.05, 0) is 25.1 Å². The fourth-order valence-corrected chi connectivity index (χ4v) is 3.38. The van der Waals surface area contributed by atoms with E-state index in [1.165, 1.54) is 44.6 Å². The van der Waals surface area contributed by atoms with E-state index in [0.29, 0.717) is 17.0 Å². The van der Waals surface area contributed by atoms with Crippen molar-refractivity contribution in [1.29, 1.82) is 0 Å². The number of carboxylic acids is 1. The van der Waals surface area contributed by atoms with Crippen molar-refractivity contribution in [2.75, 3.05) is 7.11 Å². The van der Waals surface area contributed by atoms with Crippen molar-refractivity contribution >= 4 is 12.0 Å². The van der Waals surface area contributed by atoms with Gasteiger partial charge in [0.05, 0.1) is 19.5 Å². The number of halogens is 7. The molecular formula is C22H18F7N5O5. The maximum atomic E-state index is 14.7. The molecule has 0 unspecified atom stereocenters. The number of nitrogens with two attached hydrogens (primary N) is 1. The van der Waals surface area contributed by atoms with Gasteiger partial charge in [0.15, 0.2) is 29.1 Å². The van der Waals surface area contributed by atoms with Crippen LogP contribution in [0.15, 0.2) is 46.2 Å². The lowest BCUT2D eigenvalue weighted by atomic mass is 9.86. The van der Waals surface area contributed by atoms with E-state index >= 15 is 0 Å². The summed E-state index contributed by atoms with van der Waals surface area (Å²) in [5.41, 5.74) is 4.32. The zero-order chi connectivity index (χ0) is 29.2. The molecule has 3 heterocycles. The highest BCUT2D eigenvalue weighted by molar-refractivity contribution is 5.74. The van der Waals surface area contributed by atoms with Gasteiger partial charge in [-0.1, -0.05) is 5.16 Å². The van der Waals surface area contributed by atoms with E-state index in [4.69, 9.17) is 29.6 Å². The van der Waals surface area contributed by atoms with Gasteiger partial charge in [0.1, 0.15) is 11.4 Å². The van der Waals surface area contributed by atoms with E-state index in [-0.39, 0.29) is 17.1 Å². The smallest absolute Gasteiger partial charge is 0.490 e. The first kappa shape index (κ1) is 29.1. The average Bonchev–Trinajstić information content (AvgIpc) is 3.33. The van der Waals surface area contributed by atoms with Crippen LogP contribution in [0.1, 0.15) is 18.9 Å². The quantitative estimate of drug-likeness (QED) is 0.438. The van der Waals surface area contributed by atoms with Crippen LogP contribution < -0.4 is 10.5 Å². The number of amidine groups is 1. The van der Waals surface area contributed by atoms with Crippen LogP contribution in [0.3, 0.4) is 0 Å². The van der Waals surface area contributed by atoms with Crippen molar-refractivity contribution in [3.8, 4) is 28.6 Å². The highest BCUT2D eigenvalue weighted by atomic mass is 19.4. The van der Waals surface area contributed by atoms with Crippen LogP contribution in [0.5, 0.6) is 5.75 Å². The van der Waals surface area contributed by atoms with E-state index < -0.39 is 48.2 Å². The fraction of sp³-hybridized carbons (Fsp3) is 0.318. The van der Waals surface area contributed by atoms with Crippen LogP contribution in [0.4, 0.5) is 30.7 Å². The molecule has 0 radical (unpaired) electrons. The van der Waals surface area contributed by atoms with Crippen molar-refractivity contribution < 1.29 is 54.6 Å². The van der Waals surface area contributed by atoms with Crippen LogP contribution in [-0.4, -0.2) is 57.7 Å². The number of rotatable bonds is 4. The Morgan fingerprint density at radius 1 is 1.15 bits per heavy atom. The molecule has 0 fully saturated rings. The summed E-state index contributed by atoms with van der Waals surface area (Å²) in [6.45, 7) is 1.33. The third-order valence-corrected chi connectivity index (χ3v) is 5.24. The van der Waals surface area contributed by atoms with Gasteiger partial charge in [-0.2, -0.15) is 26.3 Å². The van der Waals surface area contributed by atoms with Crippen LogP contribution in [-0.2, 0) is 15.1 Å². The van der Waals surface area contributed by atoms with Gasteiger partial charge in [0.2, 0.25) is 0 Å². The normalized spacial score (nSPS) is 19.3. The lowest BCUT2D eigenvalue weighted by Crippen LogP contribution is -2.46. The van der Waals surface area contributed by atoms with E-state index in [2.05, 4.69) is 20.1 Å². The number of hydrogen-bond donors (Lipinski definition) is 2. The highest BCUT2D eigenvalue weighted by Gasteiger charge is 2.49. The Kier molecular flexibility index (Phi) is 8.02. The van der Waals surface area contributed by atoms with Crippen LogP contribution in [0.2, 0.25) is 0 Å². The summed E-state index contributed by atoms with van der Waals surface area (Å²) in [5, 5.41) is 11.0. The van der Waals surface area contributed by atoms with Gasteiger partial charge in [-0.3, -0.25) is 0 Å². The molecule has 1 aliphatic rings. The molecule has 0 saturated carbocycles. The number of aliphatic imine (C=N–C) groups is 1. The molecule has 4 rings (SSSR count). The first-order valence-corrected chi connectivity index (χ1v) is 10.6. The number of carbonyl (C=O) groups is 1. The van der Waals surface area contributed by atoms with Crippen molar-refractivity contribution in [3.63, 3.8) is 0 Å². The molecule has 0 aliphatic carbocycles. The number of hydrogen-bond acceptors (Lipinski definition) is 9. The van der Waals surface area contributed by atoms with Crippen molar-refractivity contribution in [2.24, 2.45) is 10.7 Å². The molecule has 0 spiro atoms. The Bertz CT molecular complexity index is 1360. The Hall–Kier alpha value is -4.44. The second kappa shape index (κ2) is 10.7. The molecule has 2 atom stereocenters. The number of methoxy groups -OCH3 is 1. The Labute approximate surface area is 214 Å². The molecule has 0 amide bonds. The molecule has 3 aromatic rings. The van der Waals surface area contributed by atoms with E-state index in [1.807, 2.05) is 0 Å². The molecular weight excluding hydrogens is 547 g/mol. The Morgan fingerprint density at radius 3 is 2.31 bits per heavy atom. The maximum absolute atomic E-state index is 14.7. The van der Waals surface area contributed by atoms with Crippen LogP contribution >= 0.6 is 0 Å². The lowest BCUT2D eigenvalue weighted by Gasteiger charge is -2.37. The van der Waals surface area contributed by atoms with Crippen LogP contribution in [0.25, 0.3) is 22.8 Å². The number of benzene rings is 1. The molecule has 2 aromatic heterocycles. The summed E-state index contributed by atoms with van der Waals surface area (Å²) < 4.78 is 102.